The quantitative estimate of drug-likeness (QED) is 0.0679. The Hall–Kier alpha value is -5.09. The van der Waals surface area contributed by atoms with Crippen molar-refractivity contribution in [1.82, 2.24) is 19.9 Å². The minimum atomic E-state index is -0.688. The van der Waals surface area contributed by atoms with E-state index in [1.807, 2.05) is 24.3 Å². The lowest BCUT2D eigenvalue weighted by Gasteiger charge is -2.13. The molecule has 206 valence electrons. The first-order chi connectivity index (χ1) is 19.4. The van der Waals surface area contributed by atoms with Gasteiger partial charge in [0.2, 0.25) is 11.7 Å². The number of Topliss-reactive ketones (excluding diaryl/α,β-unsaturated/α-hetero) is 1. The first-order valence-corrected chi connectivity index (χ1v) is 12.8. The summed E-state index contributed by atoms with van der Waals surface area (Å²) in [7, 11) is 0. The molecule has 40 heavy (non-hydrogen) atoms. The first kappa shape index (κ1) is 27.9. The Bertz CT molecular complexity index is 1530. The summed E-state index contributed by atoms with van der Waals surface area (Å²) in [6.45, 7) is 0.321. The number of imidazole rings is 1. The third kappa shape index (κ3) is 6.86. The van der Waals surface area contributed by atoms with Crippen LogP contribution in [0.3, 0.4) is 0 Å². The molecule has 0 aliphatic carbocycles. The molecule has 0 aliphatic heterocycles. The van der Waals surface area contributed by atoms with Crippen molar-refractivity contribution in [2.45, 2.75) is 44.7 Å². The Morgan fingerprint density at radius 1 is 1.12 bits per heavy atom. The van der Waals surface area contributed by atoms with Crippen molar-refractivity contribution >= 4 is 40.1 Å². The summed E-state index contributed by atoms with van der Waals surface area (Å²) < 4.78 is 6.67. The minimum Gasteiger partial charge on any atom is -0.388 e. The predicted molar refractivity (Wildman–Crippen MR) is 150 cm³/mol. The van der Waals surface area contributed by atoms with Gasteiger partial charge in [0.1, 0.15) is 0 Å². The normalized spacial score (nSPS) is 11.6. The summed E-state index contributed by atoms with van der Waals surface area (Å²) in [6.07, 6.45) is 2.62. The fourth-order valence-electron chi connectivity index (χ4n) is 4.12. The van der Waals surface area contributed by atoms with Gasteiger partial charge in [-0.1, -0.05) is 18.6 Å². The Balaban J connectivity index is 1.46. The number of anilines is 2. The van der Waals surface area contributed by atoms with Crippen LogP contribution < -0.4 is 22.1 Å². The lowest BCUT2D eigenvalue weighted by atomic mass is 10.1. The fraction of sp³-hybridized carbons (Fsp3) is 0.296. The molecule has 0 aliphatic rings. The van der Waals surface area contributed by atoms with Crippen LogP contribution in [-0.4, -0.2) is 50.0 Å². The van der Waals surface area contributed by atoms with Crippen molar-refractivity contribution in [1.29, 1.82) is 10.7 Å². The van der Waals surface area contributed by atoms with E-state index in [1.165, 1.54) is 0 Å². The van der Waals surface area contributed by atoms with Gasteiger partial charge in [-0.3, -0.25) is 15.0 Å². The van der Waals surface area contributed by atoms with Crippen molar-refractivity contribution in [2.24, 2.45) is 11.5 Å². The number of amides is 1. The number of para-hydroxylation sites is 2. The van der Waals surface area contributed by atoms with Gasteiger partial charge in [-0.05, 0) is 59.6 Å². The zero-order chi connectivity index (χ0) is 28.5. The average Bonchev–Trinajstić information content (AvgIpc) is 3.55. The van der Waals surface area contributed by atoms with Gasteiger partial charge in [0.25, 0.3) is 0 Å². The maximum absolute atomic E-state index is 13.3. The van der Waals surface area contributed by atoms with Gasteiger partial charge in [0.05, 0.1) is 41.9 Å². The highest BCUT2D eigenvalue weighted by molar-refractivity contribution is 5.99. The second kappa shape index (κ2) is 13.1. The number of nitrogens with two attached hydrogens (primary N) is 2. The summed E-state index contributed by atoms with van der Waals surface area (Å²) in [5, 5.41) is 29.7. The first-order valence-electron chi connectivity index (χ1n) is 12.8. The molecule has 2 aromatic heterocycles. The molecule has 4 rings (SSSR count). The summed E-state index contributed by atoms with van der Waals surface area (Å²) in [4.78, 5) is 30.4. The number of fused-ring (bicyclic) bond motifs is 1. The number of hydrogen-bond acceptors (Lipinski definition) is 10. The molecule has 1 atom stereocenters. The summed E-state index contributed by atoms with van der Waals surface area (Å²) in [6, 6.07) is 15.3. The van der Waals surface area contributed by atoms with Crippen LogP contribution in [0.2, 0.25) is 0 Å². The van der Waals surface area contributed by atoms with Crippen molar-refractivity contribution in [3.05, 3.63) is 54.1 Å². The van der Waals surface area contributed by atoms with Crippen LogP contribution in [0.1, 0.15) is 42.5 Å². The summed E-state index contributed by atoms with van der Waals surface area (Å²) in [5.74, 6) is 0.346. The Morgan fingerprint density at radius 3 is 2.65 bits per heavy atom. The van der Waals surface area contributed by atoms with Gasteiger partial charge in [-0.25, -0.2) is 9.61 Å². The molecule has 0 radical (unpaired) electrons. The van der Waals surface area contributed by atoms with Gasteiger partial charge in [0, 0.05) is 24.2 Å². The lowest BCUT2D eigenvalue weighted by Crippen LogP contribution is -2.35. The van der Waals surface area contributed by atoms with Crippen molar-refractivity contribution in [3.63, 3.8) is 0 Å². The largest absolute Gasteiger partial charge is 0.388 e. The van der Waals surface area contributed by atoms with Gasteiger partial charge in [0.15, 0.2) is 17.3 Å². The number of rotatable bonds is 14. The molecule has 0 saturated heterocycles. The van der Waals surface area contributed by atoms with Crippen molar-refractivity contribution in [3.8, 4) is 17.6 Å². The molecule has 4 aromatic rings. The van der Waals surface area contributed by atoms with Gasteiger partial charge >= 0.3 is 0 Å². The molecule has 13 nitrogen and oxygen atoms in total. The third-order valence-corrected chi connectivity index (χ3v) is 6.21. The monoisotopic (exact) mass is 542 g/mol. The van der Waals surface area contributed by atoms with Gasteiger partial charge in [-0.2, -0.15) is 5.26 Å². The molecule has 0 fully saturated rings. The smallest absolute Gasteiger partial charge is 0.241 e. The standard InChI is InChI=1S/C27H30N10O3/c28-14-5-15-32-25-24(35-40-36-25)26-34-20-7-2-3-8-21(20)37(26)16-22(38)17-10-12-18(13-11-17)33-27(39)19(29)6-1-4-9-23(30)31/h2-3,7-8,10-13,19H,1,4-6,9,15-16,29H2,(H3,30,31)(H,32,36)(H,33,39)/t19-/m0/s1. The van der Waals surface area contributed by atoms with E-state index in [0.717, 1.165) is 5.52 Å². The number of amidine groups is 1. The molecule has 1 amide bonds. The van der Waals surface area contributed by atoms with E-state index in [0.29, 0.717) is 66.3 Å². The van der Waals surface area contributed by atoms with Gasteiger partial charge in [-0.15, -0.1) is 0 Å². The molecule has 2 aromatic carbocycles. The Morgan fingerprint density at radius 2 is 1.90 bits per heavy atom. The van der Waals surface area contributed by atoms with Crippen molar-refractivity contribution < 1.29 is 14.2 Å². The zero-order valence-corrected chi connectivity index (χ0v) is 21.8. The van der Waals surface area contributed by atoms with E-state index in [4.69, 9.17) is 26.8 Å². The fourth-order valence-corrected chi connectivity index (χ4v) is 4.12. The average molecular weight is 543 g/mol. The number of nitrogens with one attached hydrogen (secondary N) is 3. The van der Waals surface area contributed by atoms with Crippen LogP contribution in [0.5, 0.6) is 0 Å². The number of ketones is 1. The molecule has 13 heteroatoms. The number of unbranched alkanes of at least 4 members (excludes halogenated alkanes) is 1. The van der Waals surface area contributed by atoms with E-state index < -0.39 is 6.04 Å². The van der Waals surface area contributed by atoms with Crippen LogP contribution in [0.25, 0.3) is 22.6 Å². The summed E-state index contributed by atoms with van der Waals surface area (Å²) >= 11 is 0. The van der Waals surface area contributed by atoms with E-state index in [1.54, 1.807) is 28.8 Å². The molecular formula is C27H30N10O3. The van der Waals surface area contributed by atoms with E-state index >= 15 is 0 Å². The zero-order valence-electron chi connectivity index (χ0n) is 21.8. The molecule has 0 bridgehead atoms. The maximum atomic E-state index is 13.3. The number of hydrogen-bond donors (Lipinski definition) is 5. The topological polar surface area (TPSA) is 215 Å². The highest BCUT2D eigenvalue weighted by atomic mass is 16.6. The molecule has 7 N–H and O–H groups in total. The number of benzene rings is 2. The maximum Gasteiger partial charge on any atom is 0.241 e. The molecule has 0 saturated carbocycles. The van der Waals surface area contributed by atoms with Crippen molar-refractivity contribution in [2.75, 3.05) is 17.2 Å². The number of carbonyl (C=O) groups excluding carboxylic acids is 2. The van der Waals surface area contributed by atoms with Crippen LogP contribution in [-0.2, 0) is 11.3 Å². The minimum absolute atomic E-state index is 0.0306. The number of aromatic nitrogens is 4. The highest BCUT2D eigenvalue weighted by Gasteiger charge is 2.22. The second-order valence-electron chi connectivity index (χ2n) is 9.17. The Kier molecular flexibility index (Phi) is 9.16. The van der Waals surface area contributed by atoms with E-state index in [2.05, 4.69) is 32.0 Å². The SMILES string of the molecule is N#CCCNc1nonc1-c1nc2ccccc2n1CC(=O)c1ccc(NC(=O)[C@@H](N)CCCCC(=N)N)cc1. The van der Waals surface area contributed by atoms with Crippen LogP contribution in [0.15, 0.2) is 53.2 Å². The van der Waals surface area contributed by atoms with Crippen LogP contribution in [0.4, 0.5) is 11.5 Å². The predicted octanol–water partition coefficient (Wildman–Crippen LogP) is 3.06. The summed E-state index contributed by atoms with van der Waals surface area (Å²) in [5.41, 5.74) is 14.0. The Labute approximate surface area is 230 Å². The molecular weight excluding hydrogens is 512 g/mol. The van der Waals surface area contributed by atoms with Crippen LogP contribution in [0, 0.1) is 16.7 Å². The molecule has 0 unspecified atom stereocenters. The lowest BCUT2D eigenvalue weighted by molar-refractivity contribution is -0.117. The number of nitrogens with zero attached hydrogens (tertiary/aromatic N) is 5. The third-order valence-electron chi connectivity index (χ3n) is 6.21. The van der Waals surface area contributed by atoms with Gasteiger partial charge < -0.3 is 26.7 Å². The number of carbonyl (C=O) groups is 2. The second-order valence-corrected chi connectivity index (χ2v) is 9.17. The molecule has 2 heterocycles. The van der Waals surface area contributed by atoms with E-state index in [9.17, 15) is 9.59 Å². The van der Waals surface area contributed by atoms with Crippen LogP contribution >= 0.6 is 0 Å². The number of nitriles is 1. The van der Waals surface area contributed by atoms with E-state index in [-0.39, 0.29) is 30.5 Å². The molecule has 0 spiro atoms. The highest BCUT2D eigenvalue weighted by Crippen LogP contribution is 2.28.